The molecule has 0 radical (unpaired) electrons. The molecule has 0 bridgehead atoms. The Hall–Kier alpha value is -1.63. The monoisotopic (exact) mass is 239 g/mol. The normalized spacial score (nSPS) is 15.2. The van der Waals surface area contributed by atoms with E-state index in [0.717, 1.165) is 18.9 Å². The number of anilines is 1. The van der Waals surface area contributed by atoms with Gasteiger partial charge in [-0.1, -0.05) is 0 Å². The van der Waals surface area contributed by atoms with E-state index >= 15 is 0 Å². The Morgan fingerprint density at radius 1 is 1.47 bits per heavy atom. The van der Waals surface area contributed by atoms with Crippen molar-refractivity contribution in [1.82, 2.24) is 20.1 Å². The number of carbonyl (C=O) groups is 1. The van der Waals surface area contributed by atoms with Crippen molar-refractivity contribution < 1.29 is 9.53 Å². The standard InChI is InChI=1S/C10H17N5O2/c1-10(2,3)17-9(16)12-8-14-13-7-6-11-4-5-15(7)8/h11H,4-6H2,1-3H3,(H,12,14,16). The fourth-order valence-corrected chi connectivity index (χ4v) is 1.58. The number of amides is 1. The molecular weight excluding hydrogens is 222 g/mol. The number of ether oxygens (including phenoxy) is 1. The summed E-state index contributed by atoms with van der Waals surface area (Å²) in [5.74, 6) is 1.26. The first-order valence-electron chi connectivity index (χ1n) is 5.58. The van der Waals surface area contributed by atoms with Crippen molar-refractivity contribution in [2.75, 3.05) is 11.9 Å². The molecule has 0 spiro atoms. The van der Waals surface area contributed by atoms with E-state index in [1.165, 1.54) is 0 Å². The maximum atomic E-state index is 11.6. The second-order valence-corrected chi connectivity index (χ2v) is 4.90. The summed E-state index contributed by atoms with van der Waals surface area (Å²) in [6, 6.07) is 0. The van der Waals surface area contributed by atoms with Crippen molar-refractivity contribution >= 4 is 12.0 Å². The Labute approximate surface area is 99.5 Å². The first kappa shape index (κ1) is 11.8. The van der Waals surface area contributed by atoms with Crippen LogP contribution in [0.4, 0.5) is 10.7 Å². The van der Waals surface area contributed by atoms with Crippen LogP contribution >= 0.6 is 0 Å². The van der Waals surface area contributed by atoms with Crippen molar-refractivity contribution in [3.05, 3.63) is 5.82 Å². The third kappa shape index (κ3) is 2.94. The molecule has 0 aliphatic carbocycles. The van der Waals surface area contributed by atoms with E-state index in [0.29, 0.717) is 12.5 Å². The van der Waals surface area contributed by atoms with Crippen LogP contribution in [-0.2, 0) is 17.8 Å². The quantitative estimate of drug-likeness (QED) is 0.755. The molecule has 7 nitrogen and oxygen atoms in total. The van der Waals surface area contributed by atoms with Gasteiger partial charge in [-0.25, -0.2) is 4.79 Å². The van der Waals surface area contributed by atoms with E-state index in [9.17, 15) is 4.79 Å². The maximum absolute atomic E-state index is 11.6. The molecule has 0 saturated heterocycles. The Bertz CT molecular complexity index is 421. The zero-order valence-electron chi connectivity index (χ0n) is 10.3. The highest BCUT2D eigenvalue weighted by molar-refractivity contribution is 5.82. The van der Waals surface area contributed by atoms with Gasteiger partial charge in [0.1, 0.15) is 11.4 Å². The van der Waals surface area contributed by atoms with E-state index in [2.05, 4.69) is 20.8 Å². The van der Waals surface area contributed by atoms with Gasteiger partial charge in [-0.05, 0) is 20.8 Å². The molecule has 0 unspecified atom stereocenters. The number of fused-ring (bicyclic) bond motifs is 1. The van der Waals surface area contributed by atoms with Crippen LogP contribution in [0.3, 0.4) is 0 Å². The molecule has 0 saturated carbocycles. The van der Waals surface area contributed by atoms with Crippen LogP contribution in [0.25, 0.3) is 0 Å². The summed E-state index contributed by atoms with van der Waals surface area (Å²) >= 11 is 0. The Balaban J connectivity index is 2.04. The summed E-state index contributed by atoms with van der Waals surface area (Å²) in [5, 5.41) is 13.7. The van der Waals surface area contributed by atoms with Crippen LogP contribution in [-0.4, -0.2) is 33.0 Å². The summed E-state index contributed by atoms with van der Waals surface area (Å²) in [5.41, 5.74) is -0.517. The summed E-state index contributed by atoms with van der Waals surface area (Å²) < 4.78 is 7.03. The second kappa shape index (κ2) is 4.33. The molecule has 1 aliphatic rings. The molecular formula is C10H17N5O2. The maximum Gasteiger partial charge on any atom is 0.414 e. The first-order chi connectivity index (χ1) is 7.96. The molecule has 0 atom stereocenters. The van der Waals surface area contributed by atoms with Crippen molar-refractivity contribution in [2.24, 2.45) is 0 Å². The largest absolute Gasteiger partial charge is 0.444 e. The zero-order valence-corrected chi connectivity index (χ0v) is 10.3. The van der Waals surface area contributed by atoms with Gasteiger partial charge in [-0.2, -0.15) is 0 Å². The predicted molar refractivity (Wildman–Crippen MR) is 61.6 cm³/mol. The molecule has 17 heavy (non-hydrogen) atoms. The highest BCUT2D eigenvalue weighted by Crippen LogP contribution is 2.13. The van der Waals surface area contributed by atoms with Crippen LogP contribution in [0.5, 0.6) is 0 Å². The van der Waals surface area contributed by atoms with Gasteiger partial charge in [0.05, 0.1) is 6.54 Å². The summed E-state index contributed by atoms with van der Waals surface area (Å²) in [4.78, 5) is 11.6. The topological polar surface area (TPSA) is 81.1 Å². The van der Waals surface area contributed by atoms with Crippen molar-refractivity contribution in [2.45, 2.75) is 39.5 Å². The molecule has 2 N–H and O–H groups in total. The van der Waals surface area contributed by atoms with Gasteiger partial charge < -0.3 is 10.1 Å². The fourth-order valence-electron chi connectivity index (χ4n) is 1.58. The van der Waals surface area contributed by atoms with Gasteiger partial charge in [0.15, 0.2) is 0 Å². The van der Waals surface area contributed by atoms with Gasteiger partial charge in [0.2, 0.25) is 5.95 Å². The number of aromatic nitrogens is 3. The summed E-state index contributed by atoms with van der Waals surface area (Å²) in [6.45, 7) is 7.70. The number of hydrogen-bond acceptors (Lipinski definition) is 5. The molecule has 7 heteroatoms. The number of carbonyl (C=O) groups excluding carboxylic acids is 1. The number of nitrogens with zero attached hydrogens (tertiary/aromatic N) is 3. The Morgan fingerprint density at radius 2 is 2.24 bits per heavy atom. The van der Waals surface area contributed by atoms with E-state index in [4.69, 9.17) is 4.74 Å². The Kier molecular flexibility index (Phi) is 3.01. The minimum absolute atomic E-state index is 0.441. The number of nitrogens with one attached hydrogen (secondary N) is 2. The summed E-state index contributed by atoms with van der Waals surface area (Å²) in [6.07, 6.45) is -0.508. The SMILES string of the molecule is CC(C)(C)OC(=O)Nc1nnc2n1CCNC2. The average Bonchev–Trinajstić information content (AvgIpc) is 2.59. The first-order valence-corrected chi connectivity index (χ1v) is 5.58. The zero-order chi connectivity index (χ0) is 12.5. The minimum atomic E-state index is -0.517. The van der Waals surface area contributed by atoms with E-state index in [1.54, 1.807) is 0 Å². The molecule has 1 aliphatic heterocycles. The molecule has 0 aromatic carbocycles. The lowest BCUT2D eigenvalue weighted by Gasteiger charge is -2.20. The van der Waals surface area contributed by atoms with Crippen LogP contribution in [0.1, 0.15) is 26.6 Å². The number of hydrogen-bond donors (Lipinski definition) is 2. The third-order valence-electron chi connectivity index (χ3n) is 2.24. The highest BCUT2D eigenvalue weighted by Gasteiger charge is 2.20. The van der Waals surface area contributed by atoms with E-state index < -0.39 is 11.7 Å². The van der Waals surface area contributed by atoms with Gasteiger partial charge in [0.25, 0.3) is 0 Å². The molecule has 2 heterocycles. The summed E-state index contributed by atoms with van der Waals surface area (Å²) in [7, 11) is 0. The molecule has 1 amide bonds. The minimum Gasteiger partial charge on any atom is -0.444 e. The molecule has 1 aromatic heterocycles. The lowest BCUT2D eigenvalue weighted by molar-refractivity contribution is 0.0634. The van der Waals surface area contributed by atoms with Crippen LogP contribution < -0.4 is 10.6 Å². The van der Waals surface area contributed by atoms with Crippen LogP contribution in [0.15, 0.2) is 0 Å². The fraction of sp³-hybridized carbons (Fsp3) is 0.700. The van der Waals surface area contributed by atoms with Crippen molar-refractivity contribution in [3.63, 3.8) is 0 Å². The van der Waals surface area contributed by atoms with E-state index in [1.807, 2.05) is 25.3 Å². The van der Waals surface area contributed by atoms with Gasteiger partial charge in [-0.15, -0.1) is 10.2 Å². The lowest BCUT2D eigenvalue weighted by Crippen LogP contribution is -2.31. The second-order valence-electron chi connectivity index (χ2n) is 4.90. The molecule has 2 rings (SSSR count). The Morgan fingerprint density at radius 3 is 2.94 bits per heavy atom. The van der Waals surface area contributed by atoms with Gasteiger partial charge >= 0.3 is 6.09 Å². The van der Waals surface area contributed by atoms with E-state index in [-0.39, 0.29) is 0 Å². The highest BCUT2D eigenvalue weighted by atomic mass is 16.6. The average molecular weight is 239 g/mol. The van der Waals surface area contributed by atoms with Crippen molar-refractivity contribution in [1.29, 1.82) is 0 Å². The lowest BCUT2D eigenvalue weighted by atomic mass is 10.2. The molecule has 0 fully saturated rings. The van der Waals surface area contributed by atoms with Gasteiger partial charge in [0, 0.05) is 13.1 Å². The molecule has 94 valence electrons. The number of rotatable bonds is 1. The van der Waals surface area contributed by atoms with Crippen LogP contribution in [0, 0.1) is 0 Å². The smallest absolute Gasteiger partial charge is 0.414 e. The molecule has 1 aromatic rings. The van der Waals surface area contributed by atoms with Gasteiger partial charge in [-0.3, -0.25) is 9.88 Å². The van der Waals surface area contributed by atoms with Crippen molar-refractivity contribution in [3.8, 4) is 0 Å². The van der Waals surface area contributed by atoms with Crippen LogP contribution in [0.2, 0.25) is 0 Å². The third-order valence-corrected chi connectivity index (χ3v) is 2.24. The predicted octanol–water partition coefficient (Wildman–Crippen LogP) is 0.728.